The van der Waals surface area contributed by atoms with Gasteiger partial charge in [-0.25, -0.2) is 0 Å². The number of benzene rings is 2. The molecular formula is C20H20N2O4. The van der Waals surface area contributed by atoms with Crippen LogP contribution in [0.1, 0.15) is 30.9 Å². The molecule has 0 unspecified atom stereocenters. The molecule has 2 aromatic carbocycles. The lowest BCUT2D eigenvalue weighted by Crippen LogP contribution is -1.99. The zero-order chi connectivity index (χ0) is 18.9. The second kappa shape index (κ2) is 9.23. The summed E-state index contributed by atoms with van der Waals surface area (Å²) in [5.74, 6) is 1.25. The van der Waals surface area contributed by atoms with Crippen LogP contribution in [-0.4, -0.2) is 18.6 Å². The number of ether oxygens (including phenoxy) is 2. The summed E-state index contributed by atoms with van der Waals surface area (Å²) >= 11 is 0. The van der Waals surface area contributed by atoms with Gasteiger partial charge < -0.3 is 9.47 Å². The number of rotatable bonds is 8. The molecule has 0 fully saturated rings. The highest BCUT2D eigenvalue weighted by atomic mass is 16.6. The first-order chi connectivity index (χ1) is 12.6. The summed E-state index contributed by atoms with van der Waals surface area (Å²) < 4.78 is 11.1. The van der Waals surface area contributed by atoms with Crippen molar-refractivity contribution >= 4 is 17.3 Å². The summed E-state index contributed by atoms with van der Waals surface area (Å²) in [4.78, 5) is 10.3. The second-order valence-corrected chi connectivity index (χ2v) is 5.59. The van der Waals surface area contributed by atoms with E-state index in [9.17, 15) is 15.4 Å². The number of allylic oxidation sites excluding steroid dienone is 1. The topological polar surface area (TPSA) is 85.4 Å². The van der Waals surface area contributed by atoms with E-state index in [2.05, 4.69) is 13.0 Å². The van der Waals surface area contributed by atoms with Crippen LogP contribution in [0.25, 0.3) is 11.6 Å². The minimum absolute atomic E-state index is 0.0119. The fraction of sp³-hybridized carbons (Fsp3) is 0.250. The van der Waals surface area contributed by atoms with Crippen LogP contribution in [0.15, 0.2) is 42.5 Å². The molecule has 0 aliphatic heterocycles. The molecule has 0 N–H and O–H groups in total. The van der Waals surface area contributed by atoms with Crippen LogP contribution in [0, 0.1) is 21.4 Å². The lowest BCUT2D eigenvalue weighted by atomic mass is 10.0. The van der Waals surface area contributed by atoms with Gasteiger partial charge in [0.25, 0.3) is 5.69 Å². The van der Waals surface area contributed by atoms with E-state index in [-0.39, 0.29) is 5.69 Å². The molecule has 0 aliphatic carbocycles. The van der Waals surface area contributed by atoms with Crippen LogP contribution >= 0.6 is 0 Å². The van der Waals surface area contributed by atoms with Crippen molar-refractivity contribution in [1.29, 1.82) is 5.26 Å². The number of hydrogen-bond donors (Lipinski definition) is 0. The number of non-ortho nitro benzene ring substituents is 1. The van der Waals surface area contributed by atoms with E-state index in [1.807, 2.05) is 12.1 Å². The van der Waals surface area contributed by atoms with E-state index >= 15 is 0 Å². The first-order valence-electron chi connectivity index (χ1n) is 8.26. The van der Waals surface area contributed by atoms with Crippen LogP contribution in [0.5, 0.6) is 11.5 Å². The molecule has 2 aromatic rings. The molecule has 0 heterocycles. The fourth-order valence-corrected chi connectivity index (χ4v) is 2.33. The van der Waals surface area contributed by atoms with Gasteiger partial charge >= 0.3 is 0 Å². The second-order valence-electron chi connectivity index (χ2n) is 5.59. The van der Waals surface area contributed by atoms with Crippen LogP contribution in [0.4, 0.5) is 5.69 Å². The third kappa shape index (κ3) is 4.84. The van der Waals surface area contributed by atoms with Gasteiger partial charge in [-0.3, -0.25) is 10.1 Å². The first-order valence-corrected chi connectivity index (χ1v) is 8.26. The van der Waals surface area contributed by atoms with Crippen LogP contribution in [0.3, 0.4) is 0 Å². The van der Waals surface area contributed by atoms with Gasteiger partial charge in [-0.2, -0.15) is 5.26 Å². The number of nitro groups is 1. The number of methoxy groups -OCH3 is 1. The van der Waals surface area contributed by atoms with Crippen LogP contribution in [-0.2, 0) is 0 Å². The Morgan fingerprint density at radius 1 is 1.23 bits per heavy atom. The van der Waals surface area contributed by atoms with Gasteiger partial charge in [0, 0.05) is 12.1 Å². The summed E-state index contributed by atoms with van der Waals surface area (Å²) in [6.07, 6.45) is 3.68. The van der Waals surface area contributed by atoms with Gasteiger partial charge in [-0.05, 0) is 47.9 Å². The van der Waals surface area contributed by atoms with E-state index in [0.717, 1.165) is 18.4 Å². The molecule has 2 rings (SSSR count). The van der Waals surface area contributed by atoms with Gasteiger partial charge in [0.05, 0.1) is 30.3 Å². The van der Waals surface area contributed by atoms with E-state index in [4.69, 9.17) is 9.47 Å². The van der Waals surface area contributed by atoms with E-state index < -0.39 is 4.92 Å². The van der Waals surface area contributed by atoms with E-state index in [1.165, 1.54) is 12.1 Å². The van der Waals surface area contributed by atoms with Crippen molar-refractivity contribution in [2.75, 3.05) is 13.7 Å². The maximum atomic E-state index is 10.7. The molecule has 134 valence electrons. The average molecular weight is 352 g/mol. The minimum Gasteiger partial charge on any atom is -0.493 e. The Kier molecular flexibility index (Phi) is 6.75. The fourth-order valence-electron chi connectivity index (χ4n) is 2.33. The van der Waals surface area contributed by atoms with Crippen LogP contribution < -0.4 is 9.47 Å². The van der Waals surface area contributed by atoms with Gasteiger partial charge in [-0.1, -0.05) is 19.4 Å². The summed E-state index contributed by atoms with van der Waals surface area (Å²) in [5.41, 5.74) is 1.79. The molecule has 0 spiro atoms. The average Bonchev–Trinajstić information content (AvgIpc) is 2.66. The highest BCUT2D eigenvalue weighted by Gasteiger charge is 2.09. The van der Waals surface area contributed by atoms with Crippen molar-refractivity contribution in [2.24, 2.45) is 0 Å². The Morgan fingerprint density at radius 3 is 2.54 bits per heavy atom. The molecule has 6 heteroatoms. The van der Waals surface area contributed by atoms with Crippen molar-refractivity contribution in [3.63, 3.8) is 0 Å². The predicted molar refractivity (Wildman–Crippen MR) is 100.0 cm³/mol. The zero-order valence-corrected chi connectivity index (χ0v) is 14.8. The molecule has 0 radical (unpaired) electrons. The summed E-state index contributed by atoms with van der Waals surface area (Å²) in [6.45, 7) is 2.68. The number of unbranched alkanes of at least 4 members (excludes halogenated alkanes) is 1. The molecule has 0 amide bonds. The Bertz CT molecular complexity index is 836. The SMILES string of the molecule is CCCCOc1cc(/C=C(\C#N)c2ccc([N+](=O)[O-])cc2)ccc1OC. The molecule has 0 aliphatic rings. The number of nitro benzene ring substituents is 1. The lowest BCUT2D eigenvalue weighted by Gasteiger charge is -2.11. The van der Waals surface area contributed by atoms with Gasteiger partial charge in [0.15, 0.2) is 11.5 Å². The standard InChI is InChI=1S/C20H20N2O4/c1-3-4-11-26-20-13-15(5-10-19(20)25-2)12-17(14-21)16-6-8-18(9-7-16)22(23)24/h5-10,12-13H,3-4,11H2,1-2H3/b17-12+. The van der Waals surface area contributed by atoms with Gasteiger partial charge in [0.1, 0.15) is 0 Å². The normalized spacial score (nSPS) is 10.9. The third-order valence-corrected chi connectivity index (χ3v) is 3.76. The summed E-state index contributed by atoms with van der Waals surface area (Å²) in [5, 5.41) is 20.2. The lowest BCUT2D eigenvalue weighted by molar-refractivity contribution is -0.384. The monoisotopic (exact) mass is 352 g/mol. The minimum atomic E-state index is -0.469. The number of nitrogens with zero attached hydrogens (tertiary/aromatic N) is 2. The maximum absolute atomic E-state index is 10.7. The summed E-state index contributed by atoms with van der Waals surface area (Å²) in [7, 11) is 1.58. The van der Waals surface area contributed by atoms with Gasteiger partial charge in [-0.15, -0.1) is 0 Å². The molecular weight excluding hydrogens is 332 g/mol. The van der Waals surface area contributed by atoms with Crippen molar-refractivity contribution in [3.05, 3.63) is 63.7 Å². The number of nitriles is 1. The smallest absolute Gasteiger partial charge is 0.269 e. The molecule has 0 bridgehead atoms. The largest absolute Gasteiger partial charge is 0.493 e. The predicted octanol–water partition coefficient (Wildman–Crippen LogP) is 4.85. The molecule has 6 nitrogen and oxygen atoms in total. The van der Waals surface area contributed by atoms with Gasteiger partial charge in [0.2, 0.25) is 0 Å². The highest BCUT2D eigenvalue weighted by Crippen LogP contribution is 2.30. The van der Waals surface area contributed by atoms with Crippen LogP contribution in [0.2, 0.25) is 0 Å². The zero-order valence-electron chi connectivity index (χ0n) is 14.8. The summed E-state index contributed by atoms with van der Waals surface area (Å²) in [6, 6.07) is 13.5. The van der Waals surface area contributed by atoms with E-state index in [0.29, 0.717) is 29.2 Å². The Morgan fingerprint density at radius 2 is 1.96 bits per heavy atom. The Balaban J connectivity index is 2.31. The Labute approximate surface area is 152 Å². The maximum Gasteiger partial charge on any atom is 0.269 e. The molecule has 0 aromatic heterocycles. The molecule has 0 saturated heterocycles. The van der Waals surface area contributed by atoms with Crippen molar-refractivity contribution < 1.29 is 14.4 Å². The van der Waals surface area contributed by atoms with E-state index in [1.54, 1.807) is 31.4 Å². The number of hydrogen-bond acceptors (Lipinski definition) is 5. The third-order valence-electron chi connectivity index (χ3n) is 3.76. The van der Waals surface area contributed by atoms with Crippen molar-refractivity contribution in [1.82, 2.24) is 0 Å². The van der Waals surface area contributed by atoms with Crippen molar-refractivity contribution in [2.45, 2.75) is 19.8 Å². The molecule has 0 saturated carbocycles. The quantitative estimate of drug-likeness (QED) is 0.223. The Hall–Kier alpha value is -3.33. The van der Waals surface area contributed by atoms with Crippen molar-refractivity contribution in [3.8, 4) is 17.6 Å². The first kappa shape index (κ1) is 19.0. The molecule has 26 heavy (non-hydrogen) atoms. The molecule has 0 atom stereocenters. The highest BCUT2D eigenvalue weighted by molar-refractivity contribution is 5.90.